The van der Waals surface area contributed by atoms with E-state index in [-0.39, 0.29) is 26.2 Å². The predicted molar refractivity (Wildman–Crippen MR) is 128 cm³/mol. The third-order valence-electron chi connectivity index (χ3n) is 6.04. The first-order chi connectivity index (χ1) is 16.0. The molecule has 1 atom stereocenters. The molecule has 1 N–H and O–H groups in total. The number of hydrogen-bond acceptors (Lipinski definition) is 6. The lowest BCUT2D eigenvalue weighted by atomic mass is 9.94. The van der Waals surface area contributed by atoms with Gasteiger partial charge in [0.25, 0.3) is 0 Å². The van der Waals surface area contributed by atoms with Crippen LogP contribution in [0.15, 0.2) is 42.5 Å². The normalized spacial score (nSPS) is 19.1. The number of aryl methyl sites for hydroxylation is 1. The summed E-state index contributed by atoms with van der Waals surface area (Å²) in [6.45, 7) is 3.35. The van der Waals surface area contributed by atoms with Crippen LogP contribution in [0.5, 0.6) is 11.5 Å². The van der Waals surface area contributed by atoms with Crippen molar-refractivity contribution >= 4 is 21.8 Å². The Kier molecular flexibility index (Phi) is 7.52. The van der Waals surface area contributed by atoms with Crippen LogP contribution >= 0.6 is 0 Å². The first-order valence-electron chi connectivity index (χ1n) is 10.8. The fourth-order valence-electron chi connectivity index (χ4n) is 4.01. The molecular weight excluding hydrogens is 458 g/mol. The first-order valence-corrected chi connectivity index (χ1v) is 12.6. The SMILES string of the molecule is COc1cccc(CN2C(=O)CN(S(C)(=O)=O)CC2(C)C(=O)NCc2ccc(C)cc2)c1OC. The Labute approximate surface area is 200 Å². The second kappa shape index (κ2) is 10.0. The molecule has 1 fully saturated rings. The molecule has 2 amide bonds. The van der Waals surface area contributed by atoms with Gasteiger partial charge in [-0.25, -0.2) is 8.42 Å². The summed E-state index contributed by atoms with van der Waals surface area (Å²) < 4.78 is 36.5. The number of para-hydroxylation sites is 1. The quantitative estimate of drug-likeness (QED) is 0.605. The van der Waals surface area contributed by atoms with Crippen molar-refractivity contribution in [1.29, 1.82) is 0 Å². The van der Waals surface area contributed by atoms with Gasteiger partial charge in [-0.3, -0.25) is 9.59 Å². The van der Waals surface area contributed by atoms with Crippen LogP contribution in [0.2, 0.25) is 0 Å². The van der Waals surface area contributed by atoms with Gasteiger partial charge in [0.15, 0.2) is 11.5 Å². The van der Waals surface area contributed by atoms with Gasteiger partial charge in [-0.05, 0) is 25.5 Å². The summed E-state index contributed by atoms with van der Waals surface area (Å²) in [5.41, 5.74) is 1.19. The van der Waals surface area contributed by atoms with Crippen molar-refractivity contribution < 1.29 is 27.5 Å². The van der Waals surface area contributed by atoms with Crippen LogP contribution in [0.4, 0.5) is 0 Å². The third kappa shape index (κ3) is 5.34. The lowest BCUT2D eigenvalue weighted by Gasteiger charge is -2.46. The fraction of sp³-hybridized carbons (Fsp3) is 0.417. The van der Waals surface area contributed by atoms with Crippen LogP contribution in [0.3, 0.4) is 0 Å². The minimum Gasteiger partial charge on any atom is -0.493 e. The van der Waals surface area contributed by atoms with Crippen molar-refractivity contribution in [2.45, 2.75) is 32.5 Å². The highest BCUT2D eigenvalue weighted by Gasteiger charge is 2.49. The Hall–Kier alpha value is -3.11. The van der Waals surface area contributed by atoms with Crippen LogP contribution in [-0.4, -0.2) is 68.5 Å². The van der Waals surface area contributed by atoms with E-state index in [9.17, 15) is 18.0 Å². The summed E-state index contributed by atoms with van der Waals surface area (Å²) in [6, 6.07) is 13.0. The molecule has 34 heavy (non-hydrogen) atoms. The lowest BCUT2D eigenvalue weighted by molar-refractivity contribution is -0.153. The van der Waals surface area contributed by atoms with E-state index in [1.54, 1.807) is 25.1 Å². The molecule has 2 aromatic carbocycles. The first kappa shape index (κ1) is 25.5. The number of ether oxygens (including phenoxy) is 2. The minimum atomic E-state index is -3.69. The van der Waals surface area contributed by atoms with E-state index in [0.29, 0.717) is 17.1 Å². The van der Waals surface area contributed by atoms with Gasteiger partial charge in [-0.2, -0.15) is 4.31 Å². The van der Waals surface area contributed by atoms with Gasteiger partial charge < -0.3 is 19.7 Å². The molecule has 0 aliphatic carbocycles. The summed E-state index contributed by atoms with van der Waals surface area (Å²) in [5.74, 6) is 0.0182. The second-order valence-electron chi connectivity index (χ2n) is 8.61. The number of benzene rings is 2. The Morgan fingerprint density at radius 1 is 1.12 bits per heavy atom. The Morgan fingerprint density at radius 2 is 1.79 bits per heavy atom. The van der Waals surface area contributed by atoms with Gasteiger partial charge in [-0.15, -0.1) is 0 Å². The Morgan fingerprint density at radius 3 is 2.38 bits per heavy atom. The molecule has 9 nitrogen and oxygen atoms in total. The second-order valence-corrected chi connectivity index (χ2v) is 10.6. The number of sulfonamides is 1. The minimum absolute atomic E-state index is 0.0469. The molecule has 0 radical (unpaired) electrons. The zero-order valence-electron chi connectivity index (χ0n) is 20.1. The standard InChI is InChI=1S/C24H31N3O6S/c1-17-9-11-18(12-10-17)13-25-23(29)24(2)16-26(34(5,30)31)15-21(28)27(24)14-19-7-6-8-20(32-3)22(19)33-4/h6-12H,13-16H2,1-5H3,(H,25,29). The number of rotatable bonds is 8. The largest absolute Gasteiger partial charge is 0.493 e. The van der Waals surface area contributed by atoms with Crippen LogP contribution < -0.4 is 14.8 Å². The van der Waals surface area contributed by atoms with Crippen molar-refractivity contribution in [3.8, 4) is 11.5 Å². The number of piperazine rings is 1. The number of hydrogen-bond donors (Lipinski definition) is 1. The fourth-order valence-corrected chi connectivity index (χ4v) is 4.85. The number of carbonyl (C=O) groups is 2. The molecule has 10 heteroatoms. The number of methoxy groups -OCH3 is 2. The summed E-state index contributed by atoms with van der Waals surface area (Å²) in [7, 11) is -0.681. The monoisotopic (exact) mass is 489 g/mol. The molecule has 1 aliphatic heterocycles. The molecule has 0 spiro atoms. The van der Waals surface area contributed by atoms with Crippen LogP contribution in [0.25, 0.3) is 0 Å². The van der Waals surface area contributed by atoms with E-state index in [1.807, 2.05) is 31.2 Å². The molecular formula is C24H31N3O6S. The van der Waals surface area contributed by atoms with Gasteiger partial charge >= 0.3 is 0 Å². The molecule has 2 aromatic rings. The summed E-state index contributed by atoms with van der Waals surface area (Å²) >= 11 is 0. The van der Waals surface area contributed by atoms with E-state index in [0.717, 1.165) is 21.7 Å². The molecule has 1 unspecified atom stereocenters. The molecule has 1 aliphatic rings. The maximum atomic E-state index is 13.5. The molecule has 1 heterocycles. The zero-order valence-corrected chi connectivity index (χ0v) is 20.9. The van der Waals surface area contributed by atoms with Crippen molar-refractivity contribution in [2.75, 3.05) is 33.6 Å². The topological polar surface area (TPSA) is 105 Å². The van der Waals surface area contributed by atoms with E-state index >= 15 is 0 Å². The van der Waals surface area contributed by atoms with E-state index in [2.05, 4.69) is 5.32 Å². The maximum absolute atomic E-state index is 13.5. The van der Waals surface area contributed by atoms with Crippen LogP contribution in [-0.2, 0) is 32.7 Å². The smallest absolute Gasteiger partial charge is 0.247 e. The predicted octanol–water partition coefficient (Wildman–Crippen LogP) is 1.69. The Bertz CT molecular complexity index is 1170. The molecule has 0 aromatic heterocycles. The van der Waals surface area contributed by atoms with Crippen LogP contribution in [0, 0.1) is 6.92 Å². The van der Waals surface area contributed by atoms with Crippen molar-refractivity contribution in [1.82, 2.24) is 14.5 Å². The highest BCUT2D eigenvalue weighted by molar-refractivity contribution is 7.88. The average Bonchev–Trinajstić information content (AvgIpc) is 2.79. The van der Waals surface area contributed by atoms with Crippen molar-refractivity contribution in [3.63, 3.8) is 0 Å². The lowest BCUT2D eigenvalue weighted by Crippen LogP contribution is -2.69. The molecule has 0 saturated carbocycles. The highest BCUT2D eigenvalue weighted by atomic mass is 32.2. The summed E-state index contributed by atoms with van der Waals surface area (Å²) in [5, 5.41) is 2.88. The van der Waals surface area contributed by atoms with Gasteiger partial charge in [0.05, 0.1) is 33.6 Å². The Balaban J connectivity index is 1.94. The van der Waals surface area contributed by atoms with Gasteiger partial charge in [0, 0.05) is 18.7 Å². The molecule has 0 bridgehead atoms. The van der Waals surface area contributed by atoms with E-state index in [1.165, 1.54) is 19.1 Å². The number of carbonyl (C=O) groups excluding carboxylic acids is 2. The molecule has 184 valence electrons. The maximum Gasteiger partial charge on any atom is 0.247 e. The summed E-state index contributed by atoms with van der Waals surface area (Å²) in [6.07, 6.45) is 1.03. The highest BCUT2D eigenvalue weighted by Crippen LogP contribution is 2.34. The zero-order chi connectivity index (χ0) is 25.1. The average molecular weight is 490 g/mol. The van der Waals surface area contributed by atoms with Crippen molar-refractivity contribution in [2.24, 2.45) is 0 Å². The van der Waals surface area contributed by atoms with E-state index < -0.39 is 27.4 Å². The number of nitrogens with one attached hydrogen (secondary N) is 1. The number of nitrogens with zero attached hydrogens (tertiary/aromatic N) is 2. The molecule has 1 saturated heterocycles. The van der Waals surface area contributed by atoms with Crippen molar-refractivity contribution in [3.05, 3.63) is 59.2 Å². The third-order valence-corrected chi connectivity index (χ3v) is 7.23. The van der Waals surface area contributed by atoms with Crippen LogP contribution in [0.1, 0.15) is 23.6 Å². The van der Waals surface area contributed by atoms with Gasteiger partial charge in [0.1, 0.15) is 5.54 Å². The van der Waals surface area contributed by atoms with E-state index in [4.69, 9.17) is 9.47 Å². The number of amides is 2. The molecule has 3 rings (SSSR count). The summed E-state index contributed by atoms with van der Waals surface area (Å²) in [4.78, 5) is 28.1. The van der Waals surface area contributed by atoms with Gasteiger partial charge in [0.2, 0.25) is 21.8 Å². The van der Waals surface area contributed by atoms with Gasteiger partial charge in [-0.1, -0.05) is 42.0 Å².